The zero-order valence-corrected chi connectivity index (χ0v) is 12.5. The predicted octanol–water partition coefficient (Wildman–Crippen LogP) is 4.15. The van der Waals surface area contributed by atoms with Gasteiger partial charge in [-0.05, 0) is 42.3 Å². The largest absolute Gasteiger partial charge is 0.497 e. The average molecular weight is 300 g/mol. The van der Waals surface area contributed by atoms with Gasteiger partial charge in [-0.1, -0.05) is 29.8 Å². The van der Waals surface area contributed by atoms with E-state index in [0.717, 1.165) is 5.56 Å². The van der Waals surface area contributed by atoms with E-state index in [1.807, 2.05) is 13.0 Å². The number of methoxy groups -OCH3 is 1. The molecule has 0 fully saturated rings. The lowest BCUT2D eigenvalue weighted by Gasteiger charge is -2.11. The van der Waals surface area contributed by atoms with Crippen molar-refractivity contribution in [2.24, 2.45) is 0 Å². The Kier molecular flexibility index (Phi) is 4.62. The van der Waals surface area contributed by atoms with E-state index in [1.165, 1.54) is 0 Å². The SMILES string of the molecule is COc1cccc(C(C#N)C(=O)c2ccc(C)cc2Cl)c1. The first-order chi connectivity index (χ1) is 10.1. The lowest BCUT2D eigenvalue weighted by Crippen LogP contribution is -2.12. The Balaban J connectivity index is 2.41. The van der Waals surface area contributed by atoms with Crippen LogP contribution in [0.4, 0.5) is 0 Å². The molecule has 0 aromatic heterocycles. The Morgan fingerprint density at radius 1 is 1.29 bits per heavy atom. The summed E-state index contributed by atoms with van der Waals surface area (Å²) in [6.45, 7) is 1.89. The normalized spacial score (nSPS) is 11.5. The summed E-state index contributed by atoms with van der Waals surface area (Å²) in [7, 11) is 1.54. The topological polar surface area (TPSA) is 50.1 Å². The van der Waals surface area contributed by atoms with Crippen LogP contribution in [0.5, 0.6) is 5.75 Å². The fraction of sp³-hybridized carbons (Fsp3) is 0.176. The molecule has 21 heavy (non-hydrogen) atoms. The second-order valence-electron chi connectivity index (χ2n) is 4.69. The van der Waals surface area contributed by atoms with Crippen LogP contribution >= 0.6 is 11.6 Å². The van der Waals surface area contributed by atoms with Crippen LogP contribution in [0, 0.1) is 18.3 Å². The summed E-state index contributed by atoms with van der Waals surface area (Å²) < 4.78 is 5.13. The lowest BCUT2D eigenvalue weighted by molar-refractivity contribution is 0.0979. The molecule has 0 aliphatic heterocycles. The first kappa shape index (κ1) is 15.1. The zero-order valence-electron chi connectivity index (χ0n) is 11.8. The number of halogens is 1. The molecule has 4 heteroatoms. The number of nitriles is 1. The van der Waals surface area contributed by atoms with Crippen LogP contribution in [0.15, 0.2) is 42.5 Å². The summed E-state index contributed by atoms with van der Waals surface area (Å²) in [5.74, 6) is -0.605. The van der Waals surface area contributed by atoms with Crippen molar-refractivity contribution in [1.29, 1.82) is 5.26 Å². The van der Waals surface area contributed by atoms with Gasteiger partial charge in [-0.2, -0.15) is 5.26 Å². The Morgan fingerprint density at radius 3 is 2.67 bits per heavy atom. The highest BCUT2D eigenvalue weighted by Gasteiger charge is 2.24. The first-order valence-corrected chi connectivity index (χ1v) is 6.78. The maximum atomic E-state index is 12.6. The van der Waals surface area contributed by atoms with E-state index in [0.29, 0.717) is 21.9 Å². The van der Waals surface area contributed by atoms with Crippen LogP contribution in [0.25, 0.3) is 0 Å². The van der Waals surface area contributed by atoms with E-state index in [1.54, 1.807) is 49.6 Å². The molecule has 106 valence electrons. The van der Waals surface area contributed by atoms with Crippen molar-refractivity contribution in [3.05, 3.63) is 64.2 Å². The van der Waals surface area contributed by atoms with E-state index in [4.69, 9.17) is 16.3 Å². The lowest BCUT2D eigenvalue weighted by atomic mass is 9.91. The van der Waals surface area contributed by atoms with Gasteiger partial charge in [0.05, 0.1) is 18.2 Å². The molecule has 2 aromatic rings. The Hall–Kier alpha value is -2.31. The van der Waals surface area contributed by atoms with E-state index >= 15 is 0 Å². The third kappa shape index (κ3) is 3.24. The number of hydrogen-bond acceptors (Lipinski definition) is 3. The van der Waals surface area contributed by atoms with Crippen molar-refractivity contribution in [2.45, 2.75) is 12.8 Å². The van der Waals surface area contributed by atoms with E-state index < -0.39 is 5.92 Å². The molecule has 0 N–H and O–H groups in total. The van der Waals surface area contributed by atoms with Gasteiger partial charge in [0.1, 0.15) is 11.7 Å². The Labute approximate surface area is 128 Å². The van der Waals surface area contributed by atoms with Crippen molar-refractivity contribution in [1.82, 2.24) is 0 Å². The number of benzene rings is 2. The van der Waals surface area contributed by atoms with Crippen molar-refractivity contribution < 1.29 is 9.53 Å². The zero-order chi connectivity index (χ0) is 15.4. The van der Waals surface area contributed by atoms with Gasteiger partial charge < -0.3 is 4.74 Å². The molecular weight excluding hydrogens is 286 g/mol. The molecule has 3 nitrogen and oxygen atoms in total. The van der Waals surface area contributed by atoms with Gasteiger partial charge in [0, 0.05) is 5.56 Å². The number of Topliss-reactive ketones (excluding diaryl/α,β-unsaturated/α-hetero) is 1. The number of ether oxygens (including phenoxy) is 1. The summed E-state index contributed by atoms with van der Waals surface area (Å²) in [6, 6.07) is 14.2. The summed E-state index contributed by atoms with van der Waals surface area (Å²) >= 11 is 6.12. The second kappa shape index (κ2) is 6.43. The third-order valence-electron chi connectivity index (χ3n) is 3.21. The van der Waals surface area contributed by atoms with E-state index in [9.17, 15) is 10.1 Å². The fourth-order valence-electron chi connectivity index (χ4n) is 2.08. The Bertz CT molecular complexity index is 719. The molecule has 0 saturated carbocycles. The maximum Gasteiger partial charge on any atom is 0.185 e. The quantitative estimate of drug-likeness (QED) is 0.797. The molecule has 0 spiro atoms. The second-order valence-corrected chi connectivity index (χ2v) is 5.09. The number of ketones is 1. The van der Waals surface area contributed by atoms with E-state index in [2.05, 4.69) is 0 Å². The van der Waals surface area contributed by atoms with Gasteiger partial charge in [0.25, 0.3) is 0 Å². The number of hydrogen-bond donors (Lipinski definition) is 0. The molecule has 0 radical (unpaired) electrons. The van der Waals surface area contributed by atoms with Crippen molar-refractivity contribution >= 4 is 17.4 Å². The molecule has 0 aliphatic carbocycles. The van der Waals surface area contributed by atoms with Gasteiger partial charge in [-0.25, -0.2) is 0 Å². The van der Waals surface area contributed by atoms with Crippen LogP contribution < -0.4 is 4.74 Å². The van der Waals surface area contributed by atoms with Crippen LogP contribution in [-0.4, -0.2) is 12.9 Å². The van der Waals surface area contributed by atoms with Crippen LogP contribution in [0.2, 0.25) is 5.02 Å². The highest BCUT2D eigenvalue weighted by Crippen LogP contribution is 2.27. The average Bonchev–Trinajstić information content (AvgIpc) is 2.48. The Morgan fingerprint density at radius 2 is 2.05 bits per heavy atom. The molecule has 0 amide bonds. The molecular formula is C17H14ClNO2. The van der Waals surface area contributed by atoms with E-state index in [-0.39, 0.29) is 5.78 Å². The molecule has 0 saturated heterocycles. The standard InChI is InChI=1S/C17H14ClNO2/c1-11-6-7-14(16(18)8-11)17(20)15(10-19)12-4-3-5-13(9-12)21-2/h3-9,15H,1-2H3. The number of nitrogens with zero attached hydrogens (tertiary/aromatic N) is 1. The third-order valence-corrected chi connectivity index (χ3v) is 3.52. The first-order valence-electron chi connectivity index (χ1n) is 6.40. The van der Waals surface area contributed by atoms with Gasteiger partial charge in [-0.15, -0.1) is 0 Å². The highest BCUT2D eigenvalue weighted by atomic mass is 35.5. The molecule has 1 atom stereocenters. The number of aryl methyl sites for hydroxylation is 1. The predicted molar refractivity (Wildman–Crippen MR) is 81.9 cm³/mol. The van der Waals surface area contributed by atoms with Crippen LogP contribution in [-0.2, 0) is 0 Å². The van der Waals surface area contributed by atoms with Crippen molar-refractivity contribution in [3.8, 4) is 11.8 Å². The van der Waals surface area contributed by atoms with Crippen molar-refractivity contribution in [3.63, 3.8) is 0 Å². The summed E-state index contributed by atoms with van der Waals surface area (Å²) in [5, 5.41) is 9.73. The molecule has 1 unspecified atom stereocenters. The highest BCUT2D eigenvalue weighted by molar-refractivity contribution is 6.34. The summed E-state index contributed by atoms with van der Waals surface area (Å²) in [4.78, 5) is 12.6. The number of rotatable bonds is 4. The monoisotopic (exact) mass is 299 g/mol. The minimum Gasteiger partial charge on any atom is -0.497 e. The minimum atomic E-state index is -0.902. The van der Waals surface area contributed by atoms with Gasteiger partial charge in [0.15, 0.2) is 5.78 Å². The molecule has 0 heterocycles. The molecule has 0 bridgehead atoms. The molecule has 2 rings (SSSR count). The number of carbonyl (C=O) groups excluding carboxylic acids is 1. The molecule has 0 aliphatic rings. The van der Waals surface area contributed by atoms with Crippen LogP contribution in [0.3, 0.4) is 0 Å². The number of carbonyl (C=O) groups is 1. The van der Waals surface area contributed by atoms with Crippen molar-refractivity contribution in [2.75, 3.05) is 7.11 Å². The smallest absolute Gasteiger partial charge is 0.185 e. The summed E-state index contributed by atoms with van der Waals surface area (Å²) in [5.41, 5.74) is 1.92. The summed E-state index contributed by atoms with van der Waals surface area (Å²) in [6.07, 6.45) is 0. The van der Waals surface area contributed by atoms with Gasteiger partial charge >= 0.3 is 0 Å². The fourth-order valence-corrected chi connectivity index (χ4v) is 2.41. The van der Waals surface area contributed by atoms with Crippen LogP contribution in [0.1, 0.15) is 27.4 Å². The van der Waals surface area contributed by atoms with Gasteiger partial charge in [-0.3, -0.25) is 4.79 Å². The van der Waals surface area contributed by atoms with Gasteiger partial charge in [0.2, 0.25) is 0 Å². The molecule has 2 aromatic carbocycles. The minimum absolute atomic E-state index is 0.309. The maximum absolute atomic E-state index is 12.6.